The van der Waals surface area contributed by atoms with Gasteiger partial charge in [0.2, 0.25) is 10.0 Å². The van der Waals surface area contributed by atoms with Crippen LogP contribution >= 0.6 is 0 Å². The van der Waals surface area contributed by atoms with Gasteiger partial charge in [-0.3, -0.25) is 0 Å². The van der Waals surface area contributed by atoms with E-state index in [0.29, 0.717) is 18.0 Å². The van der Waals surface area contributed by atoms with Crippen molar-refractivity contribution in [2.24, 2.45) is 5.92 Å². The van der Waals surface area contributed by atoms with Crippen molar-refractivity contribution >= 4 is 10.0 Å². The summed E-state index contributed by atoms with van der Waals surface area (Å²) in [6, 6.07) is 2.22. The molecule has 1 fully saturated rings. The summed E-state index contributed by atoms with van der Waals surface area (Å²) in [5.74, 6) is -2.10. The molecular formula is C14H20F2N2O2S. The zero-order valence-corrected chi connectivity index (χ0v) is 13.0. The second-order valence-electron chi connectivity index (χ2n) is 5.32. The largest absolute Gasteiger partial charge is 0.316 e. The number of hydrogen-bond acceptors (Lipinski definition) is 3. The van der Waals surface area contributed by atoms with Crippen LogP contribution in [0.3, 0.4) is 0 Å². The first-order chi connectivity index (χ1) is 9.90. The van der Waals surface area contributed by atoms with Crippen molar-refractivity contribution in [1.82, 2.24) is 9.62 Å². The van der Waals surface area contributed by atoms with Crippen molar-refractivity contribution in [3.63, 3.8) is 0 Å². The van der Waals surface area contributed by atoms with Gasteiger partial charge in [0.25, 0.3) is 0 Å². The van der Waals surface area contributed by atoms with Crippen molar-refractivity contribution < 1.29 is 17.2 Å². The van der Waals surface area contributed by atoms with Gasteiger partial charge in [0.15, 0.2) is 11.6 Å². The fourth-order valence-electron chi connectivity index (χ4n) is 2.24. The van der Waals surface area contributed by atoms with Gasteiger partial charge < -0.3 is 5.32 Å². The molecule has 1 N–H and O–H groups in total. The van der Waals surface area contributed by atoms with Crippen LogP contribution < -0.4 is 5.32 Å². The van der Waals surface area contributed by atoms with Gasteiger partial charge in [0.05, 0.1) is 0 Å². The molecular weight excluding hydrogens is 298 g/mol. The maximum atomic E-state index is 14.0. The van der Waals surface area contributed by atoms with Crippen molar-refractivity contribution in [3.05, 3.63) is 29.3 Å². The molecule has 2 rings (SSSR count). The molecule has 1 aromatic rings. The quantitative estimate of drug-likeness (QED) is 0.838. The highest BCUT2D eigenvalue weighted by Gasteiger charge is 2.33. The molecule has 7 heteroatoms. The molecule has 1 aromatic carbocycles. The fourth-order valence-corrected chi connectivity index (χ4v) is 3.89. The van der Waals surface area contributed by atoms with E-state index in [1.807, 2.05) is 0 Å². The highest BCUT2D eigenvalue weighted by molar-refractivity contribution is 7.89. The van der Waals surface area contributed by atoms with Crippen LogP contribution in [0.15, 0.2) is 17.0 Å². The Kier molecular flexibility index (Phi) is 4.95. The third-order valence-corrected chi connectivity index (χ3v) is 5.50. The molecule has 0 spiro atoms. The normalized spacial score (nSPS) is 15.7. The second-order valence-corrected chi connectivity index (χ2v) is 7.23. The zero-order valence-electron chi connectivity index (χ0n) is 12.2. The highest BCUT2D eigenvalue weighted by atomic mass is 32.2. The number of nitrogens with zero attached hydrogens (tertiary/aromatic N) is 1. The molecule has 0 saturated heterocycles. The van der Waals surface area contributed by atoms with Gasteiger partial charge in [0.1, 0.15) is 4.90 Å². The van der Waals surface area contributed by atoms with Gasteiger partial charge >= 0.3 is 0 Å². The number of halogens is 2. The maximum absolute atomic E-state index is 14.0. The molecule has 0 bridgehead atoms. The molecule has 4 nitrogen and oxygen atoms in total. The second kappa shape index (κ2) is 6.37. The Morgan fingerprint density at radius 1 is 1.33 bits per heavy atom. The number of benzene rings is 1. The van der Waals surface area contributed by atoms with Crippen LogP contribution in [0.5, 0.6) is 0 Å². The van der Waals surface area contributed by atoms with E-state index in [2.05, 4.69) is 5.32 Å². The fraction of sp³-hybridized carbons (Fsp3) is 0.571. The monoisotopic (exact) mass is 318 g/mol. The number of sulfonamides is 1. The smallest absolute Gasteiger partial charge is 0.246 e. The zero-order chi connectivity index (χ0) is 15.6. The van der Waals surface area contributed by atoms with E-state index in [-0.39, 0.29) is 13.1 Å². The third-order valence-electron chi connectivity index (χ3n) is 3.56. The van der Waals surface area contributed by atoms with E-state index in [9.17, 15) is 17.2 Å². The molecule has 21 heavy (non-hydrogen) atoms. The minimum Gasteiger partial charge on any atom is -0.316 e. The number of hydrogen-bond donors (Lipinski definition) is 1. The van der Waals surface area contributed by atoms with Gasteiger partial charge in [-0.1, -0.05) is 6.92 Å². The predicted molar refractivity (Wildman–Crippen MR) is 76.3 cm³/mol. The maximum Gasteiger partial charge on any atom is 0.246 e. The van der Waals surface area contributed by atoms with E-state index in [4.69, 9.17) is 0 Å². The van der Waals surface area contributed by atoms with Crippen molar-refractivity contribution in [2.45, 2.75) is 31.2 Å². The van der Waals surface area contributed by atoms with Crippen LogP contribution in [0.4, 0.5) is 8.78 Å². The molecule has 0 unspecified atom stereocenters. The molecule has 0 atom stereocenters. The molecule has 0 radical (unpaired) electrons. The molecule has 0 aromatic heterocycles. The first-order valence-electron chi connectivity index (χ1n) is 7.02. The van der Waals surface area contributed by atoms with Gasteiger partial charge in [-0.2, -0.15) is 4.31 Å². The van der Waals surface area contributed by atoms with Gasteiger partial charge in [-0.05, 0) is 43.5 Å². The third kappa shape index (κ3) is 3.59. The lowest BCUT2D eigenvalue weighted by Gasteiger charge is -2.21. The lowest BCUT2D eigenvalue weighted by atomic mass is 10.2. The van der Waals surface area contributed by atoms with Gasteiger partial charge in [0, 0.05) is 19.6 Å². The van der Waals surface area contributed by atoms with E-state index >= 15 is 0 Å². The minimum atomic E-state index is -4.01. The average Bonchev–Trinajstić information content (AvgIpc) is 3.23. The SMILES string of the molecule is CCN(CC1CC1)S(=O)(=O)c1cc(CNC)cc(F)c1F. The molecule has 1 aliphatic carbocycles. The number of nitrogens with one attached hydrogen (secondary N) is 1. The Hall–Kier alpha value is -1.05. The van der Waals surface area contributed by atoms with Crippen molar-refractivity contribution in [2.75, 3.05) is 20.1 Å². The summed E-state index contributed by atoms with van der Waals surface area (Å²) in [5, 5.41) is 2.80. The molecule has 118 valence electrons. The average molecular weight is 318 g/mol. The topological polar surface area (TPSA) is 49.4 Å². The highest BCUT2D eigenvalue weighted by Crippen LogP contribution is 2.32. The van der Waals surface area contributed by atoms with Crippen LogP contribution in [-0.2, 0) is 16.6 Å². The van der Waals surface area contributed by atoms with E-state index in [0.717, 1.165) is 18.9 Å². The van der Waals surface area contributed by atoms with Crippen LogP contribution in [-0.4, -0.2) is 32.9 Å². The lowest BCUT2D eigenvalue weighted by molar-refractivity contribution is 0.404. The van der Waals surface area contributed by atoms with E-state index in [1.165, 1.54) is 10.4 Å². The predicted octanol–water partition coefficient (Wildman–Crippen LogP) is 2.10. The van der Waals surface area contributed by atoms with E-state index in [1.54, 1.807) is 14.0 Å². The molecule has 0 heterocycles. The van der Waals surface area contributed by atoms with Crippen molar-refractivity contribution in [1.29, 1.82) is 0 Å². The summed E-state index contributed by atoms with van der Waals surface area (Å²) in [7, 11) is -2.36. The Morgan fingerprint density at radius 2 is 2.00 bits per heavy atom. The summed E-state index contributed by atoms with van der Waals surface area (Å²) < 4.78 is 54.0. The summed E-state index contributed by atoms with van der Waals surface area (Å²) in [6.07, 6.45) is 1.98. The summed E-state index contributed by atoms with van der Waals surface area (Å²) in [6.45, 7) is 2.59. The summed E-state index contributed by atoms with van der Waals surface area (Å²) >= 11 is 0. The summed E-state index contributed by atoms with van der Waals surface area (Å²) in [4.78, 5) is -0.574. The molecule has 0 amide bonds. The molecule has 1 aliphatic rings. The van der Waals surface area contributed by atoms with Crippen LogP contribution in [0.25, 0.3) is 0 Å². The van der Waals surface area contributed by atoms with Gasteiger partial charge in [-0.15, -0.1) is 0 Å². The Balaban J connectivity index is 2.41. The van der Waals surface area contributed by atoms with Gasteiger partial charge in [-0.25, -0.2) is 17.2 Å². The first-order valence-corrected chi connectivity index (χ1v) is 8.46. The molecule has 1 saturated carbocycles. The molecule has 0 aliphatic heterocycles. The van der Waals surface area contributed by atoms with Crippen LogP contribution in [0, 0.1) is 17.6 Å². The minimum absolute atomic E-state index is 0.246. The Labute approximate surface area is 124 Å². The van der Waals surface area contributed by atoms with Crippen LogP contribution in [0.2, 0.25) is 0 Å². The van der Waals surface area contributed by atoms with Crippen LogP contribution in [0.1, 0.15) is 25.3 Å². The van der Waals surface area contributed by atoms with Crippen molar-refractivity contribution in [3.8, 4) is 0 Å². The standard InChI is InChI=1S/C14H20F2N2O2S/c1-3-18(9-10-4-5-10)21(19,20)13-7-11(8-17-2)6-12(15)14(13)16/h6-7,10,17H,3-5,8-9H2,1-2H3. The Morgan fingerprint density at radius 3 is 2.52 bits per heavy atom. The number of rotatable bonds is 7. The first kappa shape index (κ1) is 16.3. The summed E-state index contributed by atoms with van der Waals surface area (Å²) in [5.41, 5.74) is 0.400. The lowest BCUT2D eigenvalue weighted by Crippen LogP contribution is -2.33. The Bertz CT molecular complexity index is 616. The van der Waals surface area contributed by atoms with E-state index < -0.39 is 26.6 Å².